The first-order chi connectivity index (χ1) is 24.2. The number of rotatable bonds is 13. The highest BCUT2D eigenvalue weighted by molar-refractivity contribution is 6.74. The summed E-state index contributed by atoms with van der Waals surface area (Å²) in [5.74, 6) is 2.39. The fourth-order valence-electron chi connectivity index (χ4n) is 11.7. The molecule has 0 aromatic rings. The van der Waals surface area contributed by atoms with E-state index < -0.39 is 30.6 Å². The Kier molecular flexibility index (Phi) is 12.5. The van der Waals surface area contributed by atoms with Crippen molar-refractivity contribution in [3.05, 3.63) is 23.0 Å². The maximum absolute atomic E-state index is 14.9. The zero-order valence-corrected chi connectivity index (χ0v) is 39.2. The molecule has 2 bridgehead atoms. The molecule has 0 unspecified atom stereocenters. The van der Waals surface area contributed by atoms with Gasteiger partial charge in [0.15, 0.2) is 25.0 Å². The second kappa shape index (κ2) is 15.3. The van der Waals surface area contributed by atoms with Crippen molar-refractivity contribution < 1.29 is 27.5 Å². The molecule has 3 fully saturated rings. The molecular formula is C43H78O6Si3. The van der Waals surface area contributed by atoms with E-state index in [1.54, 1.807) is 0 Å². The van der Waals surface area contributed by atoms with E-state index in [2.05, 4.69) is 95.0 Å². The van der Waals surface area contributed by atoms with E-state index in [1.807, 2.05) is 20.8 Å². The van der Waals surface area contributed by atoms with Crippen LogP contribution in [0.3, 0.4) is 0 Å². The lowest BCUT2D eigenvalue weighted by Gasteiger charge is -2.48. The summed E-state index contributed by atoms with van der Waals surface area (Å²) in [6.07, 6.45) is 5.83. The van der Waals surface area contributed by atoms with Crippen LogP contribution in [0.25, 0.3) is 0 Å². The number of fused-ring (bicyclic) bond motifs is 8. The van der Waals surface area contributed by atoms with Gasteiger partial charge in [0.2, 0.25) is 0 Å². The highest BCUT2D eigenvalue weighted by Crippen LogP contribution is 2.66. The molecule has 2 saturated carbocycles. The number of carbonyl (C=O) groups excluding carboxylic acids is 1. The normalized spacial score (nSPS) is 37.8. The van der Waals surface area contributed by atoms with Crippen molar-refractivity contribution in [2.24, 2.45) is 47.3 Å². The van der Waals surface area contributed by atoms with Gasteiger partial charge in [-0.2, -0.15) is 0 Å². The zero-order valence-electron chi connectivity index (χ0n) is 36.2. The molecule has 1 saturated heterocycles. The van der Waals surface area contributed by atoms with Crippen molar-refractivity contribution in [1.29, 1.82) is 0 Å². The van der Waals surface area contributed by atoms with Crippen LogP contribution in [-0.2, 0) is 27.5 Å². The Morgan fingerprint density at radius 2 is 1.40 bits per heavy atom. The number of allylic oxidation sites excluding steroid dienone is 1. The Morgan fingerprint density at radius 3 is 1.90 bits per heavy atom. The largest absolute Gasteiger partial charge is 0.491 e. The van der Waals surface area contributed by atoms with Crippen LogP contribution < -0.4 is 0 Å². The molecule has 5 rings (SSSR count). The standard InChI is InChI=1S/C43H78O6Si3/c1-17-51(18-2,19-3)48-38-29(9)40(49-52(20-4,21-5)22-6)35-31(38)25-27(7)30-26-32-36(34(30)35)37(41(44)46-42(10,11)12)39-28(8)33(47-50(14,15)16)23-24-43(32,13)45-39/h25,28-36,38,40H,17-24,26H2,1-16H3/t28-,29+,30+,31-,32-,33-,34+,35+,36-,38+,40-,43+/m1/s1. The summed E-state index contributed by atoms with van der Waals surface area (Å²) in [6, 6.07) is 6.83. The first-order valence-corrected chi connectivity index (χ1v) is 30.0. The van der Waals surface area contributed by atoms with Crippen LogP contribution in [0, 0.1) is 47.3 Å². The van der Waals surface area contributed by atoms with Crippen molar-refractivity contribution in [3.8, 4) is 0 Å². The molecule has 0 spiro atoms. The molecule has 0 radical (unpaired) electrons. The number of hydrogen-bond donors (Lipinski definition) is 0. The maximum Gasteiger partial charge on any atom is 0.338 e. The lowest BCUT2D eigenvalue weighted by molar-refractivity contribution is -0.155. The Hall–Kier alpha value is -0.719. The van der Waals surface area contributed by atoms with Gasteiger partial charge in [-0.25, -0.2) is 4.79 Å². The third-order valence-corrected chi connectivity index (χ3v) is 25.2. The molecule has 0 amide bonds. The number of carbonyl (C=O) groups is 1. The number of esters is 1. The van der Waals surface area contributed by atoms with Gasteiger partial charge in [-0.15, -0.1) is 0 Å². The lowest BCUT2D eigenvalue weighted by atomic mass is 9.63. The molecule has 52 heavy (non-hydrogen) atoms. The van der Waals surface area contributed by atoms with Crippen molar-refractivity contribution in [2.45, 2.75) is 195 Å². The highest BCUT2D eigenvalue weighted by atomic mass is 28.4. The minimum atomic E-state index is -1.98. The number of ether oxygens (including phenoxy) is 2. The molecule has 0 aromatic carbocycles. The fourth-order valence-corrected chi connectivity index (χ4v) is 18.8. The van der Waals surface area contributed by atoms with Crippen LogP contribution in [0.2, 0.25) is 55.9 Å². The second-order valence-electron chi connectivity index (χ2n) is 19.9. The van der Waals surface area contributed by atoms with Crippen molar-refractivity contribution in [3.63, 3.8) is 0 Å². The van der Waals surface area contributed by atoms with Gasteiger partial charge < -0.3 is 22.8 Å². The van der Waals surface area contributed by atoms with Gasteiger partial charge in [0, 0.05) is 29.6 Å². The predicted molar refractivity (Wildman–Crippen MR) is 222 cm³/mol. The van der Waals surface area contributed by atoms with E-state index in [0.29, 0.717) is 5.92 Å². The smallest absolute Gasteiger partial charge is 0.338 e. The fraction of sp³-hybridized carbons (Fsp3) is 0.884. The van der Waals surface area contributed by atoms with Gasteiger partial charge in [0.1, 0.15) is 17.0 Å². The van der Waals surface area contributed by atoms with Crippen LogP contribution in [0.1, 0.15) is 109 Å². The van der Waals surface area contributed by atoms with Crippen LogP contribution in [0.15, 0.2) is 23.0 Å². The Labute approximate surface area is 322 Å². The van der Waals surface area contributed by atoms with Crippen molar-refractivity contribution in [1.82, 2.24) is 0 Å². The molecule has 298 valence electrons. The molecule has 2 heterocycles. The Morgan fingerprint density at radius 1 is 0.865 bits per heavy atom. The monoisotopic (exact) mass is 775 g/mol. The van der Waals surface area contributed by atoms with E-state index >= 15 is 0 Å². The Balaban J connectivity index is 1.73. The molecule has 0 aromatic heterocycles. The third kappa shape index (κ3) is 7.68. The van der Waals surface area contributed by atoms with Crippen LogP contribution in [0.5, 0.6) is 0 Å². The van der Waals surface area contributed by atoms with Gasteiger partial charge >= 0.3 is 5.97 Å². The first kappa shape index (κ1) is 42.4. The van der Waals surface area contributed by atoms with E-state index in [-0.39, 0.29) is 71.3 Å². The molecule has 5 aliphatic rings. The predicted octanol–water partition coefficient (Wildman–Crippen LogP) is 11.5. The van der Waals surface area contributed by atoms with Crippen LogP contribution in [-0.4, -0.2) is 60.4 Å². The van der Waals surface area contributed by atoms with Crippen molar-refractivity contribution in [2.75, 3.05) is 0 Å². The quantitative estimate of drug-likeness (QED) is 0.105. The molecule has 6 nitrogen and oxygen atoms in total. The van der Waals surface area contributed by atoms with E-state index in [4.69, 9.17) is 22.8 Å². The van der Waals surface area contributed by atoms with Gasteiger partial charge in [-0.05, 0) is 128 Å². The summed E-state index contributed by atoms with van der Waals surface area (Å²) in [5.41, 5.74) is 1.32. The second-order valence-corrected chi connectivity index (χ2v) is 33.8. The summed E-state index contributed by atoms with van der Waals surface area (Å²) >= 11 is 0. The summed E-state index contributed by atoms with van der Waals surface area (Å²) < 4.78 is 36.0. The minimum Gasteiger partial charge on any atom is -0.491 e. The van der Waals surface area contributed by atoms with E-state index in [9.17, 15) is 4.79 Å². The van der Waals surface area contributed by atoms with Crippen LogP contribution in [0.4, 0.5) is 0 Å². The first-order valence-electron chi connectivity index (χ1n) is 21.5. The van der Waals surface area contributed by atoms with E-state index in [1.165, 1.54) is 5.57 Å². The lowest BCUT2D eigenvalue weighted by Crippen LogP contribution is -2.50. The highest BCUT2D eigenvalue weighted by Gasteiger charge is 2.67. The topological polar surface area (TPSA) is 63.2 Å². The molecule has 2 aliphatic heterocycles. The van der Waals surface area contributed by atoms with E-state index in [0.717, 1.165) is 66.9 Å². The summed E-state index contributed by atoms with van der Waals surface area (Å²) in [6.45, 7) is 36.4. The average molecular weight is 775 g/mol. The molecular weight excluding hydrogens is 697 g/mol. The maximum atomic E-state index is 14.9. The van der Waals surface area contributed by atoms with Crippen LogP contribution >= 0.6 is 0 Å². The molecule has 0 N–H and O–H groups in total. The Bertz CT molecular complexity index is 1340. The third-order valence-electron chi connectivity index (χ3n) is 14.9. The van der Waals surface area contributed by atoms with Gasteiger partial charge in [0.25, 0.3) is 0 Å². The summed E-state index contributed by atoms with van der Waals surface area (Å²) in [5, 5.41) is 0. The van der Waals surface area contributed by atoms with Gasteiger partial charge in [-0.1, -0.05) is 67.0 Å². The minimum absolute atomic E-state index is 0.0247. The molecule has 12 atom stereocenters. The van der Waals surface area contributed by atoms with Gasteiger partial charge in [-0.3, -0.25) is 0 Å². The molecule has 3 aliphatic carbocycles. The SMILES string of the molecule is CC[Si](CC)(CC)O[C@@H]1[C@@H](C)[C@H](O[Si](CC)(CC)CC)[C@@H]2C=C(C)[C@@H]3C[C@@H]4[C@@H](C(C(=O)OC(C)(C)C)=C5O[C@@]4(C)CC[C@@H](O[Si](C)(C)C)[C@H]5C)[C@@H]3[C@H]21. The summed E-state index contributed by atoms with van der Waals surface area (Å²) in [4.78, 5) is 14.9. The summed E-state index contributed by atoms with van der Waals surface area (Å²) in [7, 11) is -5.77. The number of hydrogen-bond acceptors (Lipinski definition) is 6. The van der Waals surface area contributed by atoms with Crippen molar-refractivity contribution >= 4 is 30.9 Å². The van der Waals surface area contributed by atoms with Gasteiger partial charge in [0.05, 0.1) is 23.9 Å². The molecule has 9 heteroatoms. The average Bonchev–Trinajstić information content (AvgIpc) is 3.56. The zero-order chi connectivity index (χ0) is 38.8.